The van der Waals surface area contributed by atoms with Gasteiger partial charge >= 0.3 is 0 Å². The summed E-state index contributed by atoms with van der Waals surface area (Å²) in [4.78, 5) is 4.90. The second-order valence-electron chi connectivity index (χ2n) is 26.8. The molecule has 0 atom stereocenters. The second-order valence-corrected chi connectivity index (χ2v) is 26.8. The van der Waals surface area contributed by atoms with Gasteiger partial charge in [-0.1, -0.05) is 185 Å². The number of rotatable bonds is 8. The Labute approximate surface area is 542 Å². The van der Waals surface area contributed by atoms with Crippen molar-refractivity contribution in [3.63, 3.8) is 0 Å². The van der Waals surface area contributed by atoms with E-state index in [4.69, 9.17) is 8.83 Å². The summed E-state index contributed by atoms with van der Waals surface area (Å²) in [5.41, 5.74) is 26.8. The molecule has 444 valence electrons. The number of furan rings is 2. The molecule has 0 saturated carbocycles. The Hall–Kier alpha value is -11.9. The third kappa shape index (κ3) is 7.42. The summed E-state index contributed by atoms with van der Waals surface area (Å²) in [6, 6.07) is 108. The Morgan fingerprint density at radius 2 is 0.585 bits per heavy atom. The van der Waals surface area contributed by atoms with E-state index in [0.29, 0.717) is 0 Å². The highest BCUT2D eigenvalue weighted by atomic mass is 16.3. The van der Waals surface area contributed by atoms with E-state index in [-0.39, 0.29) is 10.8 Å². The number of fused-ring (bicyclic) bond motifs is 21. The molecule has 0 amide bonds. The predicted octanol–water partition coefficient (Wildman–Crippen LogP) is 24.4. The lowest BCUT2D eigenvalue weighted by molar-refractivity contribution is 0.660. The zero-order valence-corrected chi connectivity index (χ0v) is 52.3. The van der Waals surface area contributed by atoms with E-state index in [0.717, 1.165) is 111 Å². The van der Waals surface area contributed by atoms with Crippen LogP contribution in [0.3, 0.4) is 0 Å². The van der Waals surface area contributed by atoms with Crippen LogP contribution in [-0.2, 0) is 10.8 Å². The molecule has 94 heavy (non-hydrogen) atoms. The summed E-state index contributed by atoms with van der Waals surface area (Å²) < 4.78 is 17.9. The third-order valence-electron chi connectivity index (χ3n) is 21.1. The first-order valence-corrected chi connectivity index (χ1v) is 32.6. The van der Waals surface area contributed by atoms with Gasteiger partial charge in [-0.25, -0.2) is 0 Å². The Morgan fingerprint density at radius 1 is 0.245 bits per heavy atom. The Balaban J connectivity index is 0.807. The van der Waals surface area contributed by atoms with Crippen LogP contribution in [0.15, 0.2) is 300 Å². The molecule has 6 heteroatoms. The third-order valence-corrected chi connectivity index (χ3v) is 21.1. The fourth-order valence-corrected chi connectivity index (χ4v) is 16.7. The molecule has 0 unspecified atom stereocenters. The maximum Gasteiger partial charge on any atom is 0.135 e. The Morgan fingerprint density at radius 3 is 1.04 bits per heavy atom. The molecule has 0 bridgehead atoms. The minimum Gasteiger partial charge on any atom is -0.456 e. The zero-order valence-electron chi connectivity index (χ0n) is 52.3. The monoisotopic (exact) mass is 1200 g/mol. The molecular weight excluding hydrogens is 1140 g/mol. The van der Waals surface area contributed by atoms with Gasteiger partial charge in [-0.3, -0.25) is 0 Å². The molecule has 0 radical (unpaired) electrons. The molecule has 0 aliphatic heterocycles. The molecule has 0 spiro atoms. The van der Waals surface area contributed by atoms with Gasteiger partial charge in [-0.2, -0.15) is 0 Å². The normalized spacial score (nSPS) is 13.7. The first kappa shape index (κ1) is 52.9. The highest BCUT2D eigenvalue weighted by molar-refractivity contribution is 6.30. The number of anilines is 6. The van der Waals surface area contributed by atoms with E-state index in [9.17, 15) is 0 Å². The first-order chi connectivity index (χ1) is 46.1. The average Bonchev–Trinajstić information content (AvgIpc) is 1.54. The van der Waals surface area contributed by atoms with Crippen LogP contribution in [0.4, 0.5) is 34.1 Å². The number of hydrogen-bond acceptors (Lipinski definition) is 4. The maximum absolute atomic E-state index is 6.45. The summed E-state index contributed by atoms with van der Waals surface area (Å²) in [5.74, 6) is 0. The van der Waals surface area contributed by atoms with Crippen molar-refractivity contribution >= 4 is 132 Å². The van der Waals surface area contributed by atoms with Gasteiger partial charge in [0.05, 0.1) is 22.1 Å². The van der Waals surface area contributed by atoms with Gasteiger partial charge in [0.1, 0.15) is 22.3 Å². The lowest BCUT2D eigenvalue weighted by Gasteiger charge is -2.28. The fraction of sp³-hybridized carbons (Fsp3) is 0.0682. The van der Waals surface area contributed by atoms with Crippen molar-refractivity contribution in [1.82, 2.24) is 9.13 Å². The lowest BCUT2D eigenvalue weighted by atomic mass is 9.82. The van der Waals surface area contributed by atoms with Crippen molar-refractivity contribution in [3.8, 4) is 33.6 Å². The predicted molar refractivity (Wildman–Crippen MR) is 392 cm³/mol. The van der Waals surface area contributed by atoms with Gasteiger partial charge in [0.2, 0.25) is 0 Å². The van der Waals surface area contributed by atoms with Gasteiger partial charge in [-0.15, -0.1) is 0 Å². The highest BCUT2D eigenvalue weighted by Gasteiger charge is 2.38. The summed E-state index contributed by atoms with van der Waals surface area (Å²) in [7, 11) is 0. The molecule has 2 aliphatic rings. The summed E-state index contributed by atoms with van der Waals surface area (Å²) in [6.07, 6.45) is 0. The molecule has 2 aliphatic carbocycles. The van der Waals surface area contributed by atoms with E-state index in [1.54, 1.807) is 0 Å². The van der Waals surface area contributed by atoms with Crippen LogP contribution in [0.25, 0.3) is 132 Å². The molecule has 6 nitrogen and oxygen atoms in total. The number of hydrogen-bond donors (Lipinski definition) is 0. The van der Waals surface area contributed by atoms with E-state index >= 15 is 0 Å². The molecule has 0 saturated heterocycles. The van der Waals surface area contributed by atoms with Crippen LogP contribution in [0.1, 0.15) is 49.9 Å². The van der Waals surface area contributed by atoms with Crippen LogP contribution in [0.2, 0.25) is 0 Å². The topological polar surface area (TPSA) is 42.6 Å². The Kier molecular flexibility index (Phi) is 10.9. The minimum absolute atomic E-state index is 0.189. The maximum atomic E-state index is 6.45. The highest BCUT2D eigenvalue weighted by Crippen LogP contribution is 2.54. The summed E-state index contributed by atoms with van der Waals surface area (Å²) >= 11 is 0. The van der Waals surface area contributed by atoms with Crippen LogP contribution < -0.4 is 9.80 Å². The molecule has 20 rings (SSSR count). The molecule has 14 aromatic carbocycles. The van der Waals surface area contributed by atoms with Crippen LogP contribution in [0, 0.1) is 0 Å². The number of aromatic nitrogens is 2. The van der Waals surface area contributed by atoms with Gasteiger partial charge in [0, 0.05) is 99.4 Å². The first-order valence-electron chi connectivity index (χ1n) is 32.6. The number of para-hydroxylation sites is 4. The van der Waals surface area contributed by atoms with E-state index in [1.165, 1.54) is 76.8 Å². The van der Waals surface area contributed by atoms with Gasteiger partial charge in [0.15, 0.2) is 0 Å². The van der Waals surface area contributed by atoms with Crippen LogP contribution in [-0.4, -0.2) is 9.13 Å². The molecule has 4 aromatic heterocycles. The van der Waals surface area contributed by atoms with Crippen molar-refractivity contribution in [3.05, 3.63) is 313 Å². The van der Waals surface area contributed by atoms with Gasteiger partial charge in [0.25, 0.3) is 0 Å². The van der Waals surface area contributed by atoms with Crippen molar-refractivity contribution in [1.29, 1.82) is 0 Å². The smallest absolute Gasteiger partial charge is 0.135 e. The largest absolute Gasteiger partial charge is 0.456 e. The fourth-order valence-electron chi connectivity index (χ4n) is 16.7. The van der Waals surface area contributed by atoms with Crippen LogP contribution in [0.5, 0.6) is 0 Å². The Bertz CT molecular complexity index is 5870. The number of nitrogens with zero attached hydrogens (tertiary/aromatic N) is 4. The SMILES string of the molecule is CC1(C)c2ccccc2-c2ccc(N(c3ccc4oc5ccccc5c4c3)c3ccc4c5c6ccc7c(c6ccc5n(-c5ccccc5)c4c3)c3ccc(N(c4ccc5c(c4)C(C)(C)c4ccccc4-5)c4ccc5oc6ccccc6c5c4)cc3n7-c3ccccc3)cc21. The van der Waals surface area contributed by atoms with Crippen molar-refractivity contribution in [2.24, 2.45) is 0 Å². The average molecular weight is 1210 g/mol. The molecular formula is C88H60N4O2. The second kappa shape index (κ2) is 19.3. The molecule has 0 N–H and O–H groups in total. The molecule has 18 aromatic rings. The summed E-state index contributed by atoms with van der Waals surface area (Å²) in [6.45, 7) is 9.46. The van der Waals surface area contributed by atoms with Gasteiger partial charge < -0.3 is 27.8 Å². The van der Waals surface area contributed by atoms with Gasteiger partial charge in [-0.05, 0) is 189 Å². The van der Waals surface area contributed by atoms with E-state index in [1.807, 2.05) is 12.1 Å². The zero-order chi connectivity index (χ0) is 62.3. The van der Waals surface area contributed by atoms with E-state index < -0.39 is 0 Å². The van der Waals surface area contributed by atoms with Crippen molar-refractivity contribution < 1.29 is 8.83 Å². The summed E-state index contributed by atoms with van der Waals surface area (Å²) in [5, 5.41) is 11.6. The standard InChI is InChI=1S/C88H60N4O2/c1-87(2)73-27-15-11-23-61(73)63-37-31-57(49-75(63)87)89(55-35-45-83-71(47-55)65-25-13-17-29-81(65)93-83)59-33-39-69-79(51-59)91(53-19-7-5-8-20-53)77-43-41-68-67(85(69)77)42-44-78-86(68)70-40-34-60(52-80(70)92(78)54-21-9-6-10-22-54)90(56-36-46-84-72(48-56)66-26-14-18-30-82(66)94-84)58-32-38-64-62-24-12-16-28-74(62)88(3,4)76(64)50-58/h5-52H,1-4H3. The quantitative estimate of drug-likeness (QED) is 0.152. The lowest BCUT2D eigenvalue weighted by Crippen LogP contribution is -2.16. The minimum atomic E-state index is -0.189. The van der Waals surface area contributed by atoms with E-state index in [2.05, 4.69) is 326 Å². The molecule has 0 fully saturated rings. The van der Waals surface area contributed by atoms with Crippen molar-refractivity contribution in [2.75, 3.05) is 9.80 Å². The van der Waals surface area contributed by atoms with Crippen LogP contribution >= 0.6 is 0 Å². The number of benzene rings is 14. The molecule has 4 heterocycles. The van der Waals surface area contributed by atoms with Crippen molar-refractivity contribution in [2.45, 2.75) is 38.5 Å².